The van der Waals surface area contributed by atoms with Crippen molar-refractivity contribution in [3.05, 3.63) is 29.5 Å². The van der Waals surface area contributed by atoms with Gasteiger partial charge < -0.3 is 9.47 Å². The third kappa shape index (κ3) is 2.88. The number of carbonyl (C=O) groups excluding carboxylic acids is 1. The molecule has 0 unspecified atom stereocenters. The van der Waals surface area contributed by atoms with Crippen LogP contribution in [0.3, 0.4) is 0 Å². The predicted octanol–water partition coefficient (Wildman–Crippen LogP) is 2.83. The molecule has 5 nitrogen and oxygen atoms in total. The van der Waals surface area contributed by atoms with E-state index in [0.717, 1.165) is 7.11 Å². The number of hydrogen-bond donors (Lipinski definition) is 0. The maximum atomic E-state index is 13.0. The summed E-state index contributed by atoms with van der Waals surface area (Å²) in [4.78, 5) is 18.9. The largest absolute Gasteiger partial charge is 0.476 e. The maximum absolute atomic E-state index is 13.0. The Labute approximate surface area is 117 Å². The van der Waals surface area contributed by atoms with Crippen molar-refractivity contribution < 1.29 is 27.4 Å². The highest BCUT2D eigenvalue weighted by atomic mass is 19.4. The van der Waals surface area contributed by atoms with E-state index < -0.39 is 23.7 Å². The van der Waals surface area contributed by atoms with Gasteiger partial charge in [-0.15, -0.1) is 0 Å². The van der Waals surface area contributed by atoms with E-state index in [1.54, 1.807) is 0 Å². The minimum absolute atomic E-state index is 0.0138. The summed E-state index contributed by atoms with van der Waals surface area (Å²) in [6.07, 6.45) is -4.74. The summed E-state index contributed by atoms with van der Waals surface area (Å²) in [5.41, 5.74) is -1.42. The van der Waals surface area contributed by atoms with Gasteiger partial charge in [-0.05, 0) is 19.1 Å². The average Bonchev–Trinajstić information content (AvgIpc) is 2.44. The van der Waals surface area contributed by atoms with Gasteiger partial charge >= 0.3 is 12.1 Å². The lowest BCUT2D eigenvalue weighted by Gasteiger charge is -2.13. The Kier molecular flexibility index (Phi) is 3.97. The first kappa shape index (κ1) is 15.0. The quantitative estimate of drug-likeness (QED) is 0.816. The van der Waals surface area contributed by atoms with Crippen molar-refractivity contribution in [3.8, 4) is 5.88 Å². The number of carbonyl (C=O) groups is 1. The van der Waals surface area contributed by atoms with Crippen molar-refractivity contribution in [2.75, 3.05) is 13.7 Å². The van der Waals surface area contributed by atoms with Crippen LogP contribution in [0.25, 0.3) is 11.0 Å². The van der Waals surface area contributed by atoms with Crippen molar-refractivity contribution in [1.29, 1.82) is 0 Å². The van der Waals surface area contributed by atoms with E-state index in [9.17, 15) is 18.0 Å². The topological polar surface area (TPSA) is 61.3 Å². The normalized spacial score (nSPS) is 11.5. The first-order valence-electron chi connectivity index (χ1n) is 5.97. The monoisotopic (exact) mass is 300 g/mol. The van der Waals surface area contributed by atoms with E-state index >= 15 is 0 Å². The number of aromatic nitrogens is 2. The maximum Gasteiger partial charge on any atom is 0.438 e. The van der Waals surface area contributed by atoms with Gasteiger partial charge in [-0.25, -0.2) is 14.8 Å². The number of benzene rings is 1. The molecule has 1 aromatic heterocycles. The summed E-state index contributed by atoms with van der Waals surface area (Å²) >= 11 is 0. The van der Waals surface area contributed by atoms with Crippen molar-refractivity contribution in [2.45, 2.75) is 13.1 Å². The number of rotatable bonds is 3. The molecule has 0 bridgehead atoms. The number of esters is 1. The first-order valence-corrected chi connectivity index (χ1v) is 5.97. The lowest BCUT2D eigenvalue weighted by atomic mass is 10.1. The van der Waals surface area contributed by atoms with Gasteiger partial charge in [0.05, 0.1) is 24.8 Å². The van der Waals surface area contributed by atoms with E-state index in [-0.39, 0.29) is 23.2 Å². The fourth-order valence-electron chi connectivity index (χ4n) is 1.76. The highest BCUT2D eigenvalue weighted by Crippen LogP contribution is 2.35. The van der Waals surface area contributed by atoms with Crippen LogP contribution in [0, 0.1) is 0 Å². The number of nitrogens with zero attached hydrogens (tertiary/aromatic N) is 2. The Hall–Kier alpha value is -2.38. The average molecular weight is 300 g/mol. The molecule has 0 atom stereocenters. The van der Waals surface area contributed by atoms with Crippen LogP contribution in [0.1, 0.15) is 23.0 Å². The lowest BCUT2D eigenvalue weighted by molar-refractivity contribution is -0.142. The number of halogens is 3. The van der Waals surface area contributed by atoms with Gasteiger partial charge in [0.25, 0.3) is 0 Å². The number of hydrogen-bond acceptors (Lipinski definition) is 5. The van der Waals surface area contributed by atoms with Crippen LogP contribution >= 0.6 is 0 Å². The third-order valence-electron chi connectivity index (χ3n) is 2.62. The zero-order chi connectivity index (χ0) is 15.6. The minimum Gasteiger partial charge on any atom is -0.476 e. The third-order valence-corrected chi connectivity index (χ3v) is 2.62. The zero-order valence-corrected chi connectivity index (χ0v) is 11.2. The number of alkyl halides is 3. The van der Waals surface area contributed by atoms with Crippen molar-refractivity contribution in [3.63, 3.8) is 0 Å². The van der Waals surface area contributed by atoms with E-state index in [0.29, 0.717) is 0 Å². The van der Waals surface area contributed by atoms with Crippen LogP contribution in [-0.2, 0) is 10.9 Å². The molecule has 0 aliphatic heterocycles. The standard InChI is InChI=1S/C13H11F3N2O3/c1-3-21-11-10(13(14,15)16)18-9-7(12(19)20-2)5-4-6-8(9)17-11/h4-6H,3H2,1-2H3. The van der Waals surface area contributed by atoms with Crippen LogP contribution in [0.15, 0.2) is 18.2 Å². The molecule has 0 spiro atoms. The van der Waals surface area contributed by atoms with Gasteiger partial charge in [-0.1, -0.05) is 6.07 Å². The second-order valence-electron chi connectivity index (χ2n) is 3.97. The number of fused-ring (bicyclic) bond motifs is 1. The van der Waals surface area contributed by atoms with Gasteiger partial charge in [0.15, 0.2) is 0 Å². The minimum atomic E-state index is -4.74. The smallest absolute Gasteiger partial charge is 0.438 e. The molecule has 21 heavy (non-hydrogen) atoms. The highest BCUT2D eigenvalue weighted by molar-refractivity contribution is 6.01. The molecule has 0 saturated carbocycles. The molecule has 2 aromatic rings. The molecule has 0 aliphatic carbocycles. The van der Waals surface area contributed by atoms with Crippen LogP contribution in [0.5, 0.6) is 5.88 Å². The Bertz CT molecular complexity index is 686. The molecule has 112 valence electrons. The lowest BCUT2D eigenvalue weighted by Crippen LogP contribution is -2.14. The summed E-state index contributed by atoms with van der Waals surface area (Å²) in [6.45, 7) is 1.55. The Morgan fingerprint density at radius 3 is 2.57 bits per heavy atom. The van der Waals surface area contributed by atoms with E-state index in [1.165, 1.54) is 25.1 Å². The Balaban J connectivity index is 2.76. The van der Waals surface area contributed by atoms with Crippen molar-refractivity contribution >= 4 is 17.0 Å². The fraction of sp³-hybridized carbons (Fsp3) is 0.308. The molecule has 0 radical (unpaired) electrons. The second-order valence-corrected chi connectivity index (χ2v) is 3.97. The van der Waals surface area contributed by atoms with Crippen molar-refractivity contribution in [1.82, 2.24) is 9.97 Å². The SMILES string of the molecule is CCOc1nc2cccc(C(=O)OC)c2nc1C(F)(F)F. The van der Waals surface area contributed by atoms with Crippen LogP contribution in [-0.4, -0.2) is 29.7 Å². The van der Waals surface area contributed by atoms with Gasteiger partial charge in [0, 0.05) is 0 Å². The summed E-state index contributed by atoms with van der Waals surface area (Å²) in [5.74, 6) is -1.40. The highest BCUT2D eigenvalue weighted by Gasteiger charge is 2.38. The van der Waals surface area contributed by atoms with Gasteiger partial charge in [0.1, 0.15) is 5.52 Å². The van der Waals surface area contributed by atoms with Gasteiger partial charge in [-0.3, -0.25) is 0 Å². The summed E-state index contributed by atoms with van der Waals surface area (Å²) in [6, 6.07) is 4.24. The molecule has 1 aromatic carbocycles. The van der Waals surface area contributed by atoms with E-state index in [2.05, 4.69) is 14.7 Å². The number of ether oxygens (including phenoxy) is 2. The number of methoxy groups -OCH3 is 1. The molecule has 0 aliphatic rings. The summed E-state index contributed by atoms with van der Waals surface area (Å²) in [5, 5.41) is 0. The molecule has 8 heteroatoms. The molecular weight excluding hydrogens is 289 g/mol. The van der Waals surface area contributed by atoms with E-state index in [1.807, 2.05) is 0 Å². The Morgan fingerprint density at radius 2 is 2.00 bits per heavy atom. The molecule has 1 heterocycles. The molecule has 0 saturated heterocycles. The predicted molar refractivity (Wildman–Crippen MR) is 67.0 cm³/mol. The molecule has 0 N–H and O–H groups in total. The van der Waals surface area contributed by atoms with Crippen LogP contribution in [0.2, 0.25) is 0 Å². The second kappa shape index (κ2) is 5.55. The van der Waals surface area contributed by atoms with E-state index in [4.69, 9.17) is 4.74 Å². The summed E-state index contributed by atoms with van der Waals surface area (Å²) in [7, 11) is 1.13. The van der Waals surface area contributed by atoms with Crippen LogP contribution < -0.4 is 4.74 Å². The molecule has 0 fully saturated rings. The molecule has 0 amide bonds. The number of para-hydroxylation sites is 1. The fourth-order valence-corrected chi connectivity index (χ4v) is 1.76. The molecular formula is C13H11F3N2O3. The first-order chi connectivity index (χ1) is 9.88. The molecule has 2 rings (SSSR count). The van der Waals surface area contributed by atoms with Crippen molar-refractivity contribution in [2.24, 2.45) is 0 Å². The van der Waals surface area contributed by atoms with Gasteiger partial charge in [0.2, 0.25) is 11.6 Å². The Morgan fingerprint density at radius 1 is 1.29 bits per heavy atom. The van der Waals surface area contributed by atoms with Gasteiger partial charge in [-0.2, -0.15) is 13.2 Å². The summed E-state index contributed by atoms with van der Waals surface area (Å²) < 4.78 is 48.5. The van der Waals surface area contributed by atoms with Crippen LogP contribution in [0.4, 0.5) is 13.2 Å². The zero-order valence-electron chi connectivity index (χ0n) is 11.2.